The predicted octanol–water partition coefficient (Wildman–Crippen LogP) is 3.50. The second kappa shape index (κ2) is 10.0. The molecule has 3 aromatic carbocycles. The third-order valence-electron chi connectivity index (χ3n) is 5.33. The number of nitrogens with zero attached hydrogens (tertiary/aromatic N) is 1. The summed E-state index contributed by atoms with van der Waals surface area (Å²) in [5, 5.41) is 2.83. The van der Waals surface area contributed by atoms with Crippen LogP contribution in [-0.4, -0.2) is 40.5 Å². The smallest absolute Gasteiger partial charge is 0.251 e. The summed E-state index contributed by atoms with van der Waals surface area (Å²) in [4.78, 5) is 12.4. The van der Waals surface area contributed by atoms with Gasteiger partial charge in [0, 0.05) is 11.6 Å². The van der Waals surface area contributed by atoms with Crippen molar-refractivity contribution < 1.29 is 27.4 Å². The Morgan fingerprint density at radius 1 is 1.03 bits per heavy atom. The number of para-hydroxylation sites is 1. The second-order valence-corrected chi connectivity index (χ2v) is 9.78. The SMILES string of the molecule is Cc1ccccc1OCCNC(=O)c1ccc(CN(c2ccc3c(c2)OCO3)S(C)(=O)=O)cc1. The Balaban J connectivity index is 1.36. The van der Waals surface area contributed by atoms with Crippen molar-refractivity contribution in [2.45, 2.75) is 13.5 Å². The van der Waals surface area contributed by atoms with Crippen LogP contribution in [0, 0.1) is 6.92 Å². The Labute approximate surface area is 199 Å². The Kier molecular flexibility index (Phi) is 6.93. The number of ether oxygens (including phenoxy) is 3. The highest BCUT2D eigenvalue weighted by atomic mass is 32.2. The molecule has 0 atom stereocenters. The van der Waals surface area contributed by atoms with Gasteiger partial charge in [0.25, 0.3) is 5.91 Å². The second-order valence-electron chi connectivity index (χ2n) is 7.87. The van der Waals surface area contributed by atoms with Gasteiger partial charge in [0.15, 0.2) is 11.5 Å². The van der Waals surface area contributed by atoms with Crippen molar-refractivity contribution in [2.24, 2.45) is 0 Å². The third kappa shape index (κ3) is 5.60. The number of hydrogen-bond acceptors (Lipinski definition) is 6. The lowest BCUT2D eigenvalue weighted by atomic mass is 10.1. The first kappa shape index (κ1) is 23.4. The van der Waals surface area contributed by atoms with Gasteiger partial charge in [-0.3, -0.25) is 9.10 Å². The fourth-order valence-corrected chi connectivity index (χ4v) is 4.39. The minimum absolute atomic E-state index is 0.110. The van der Waals surface area contributed by atoms with Crippen LogP contribution in [0.4, 0.5) is 5.69 Å². The van der Waals surface area contributed by atoms with E-state index in [1.807, 2.05) is 31.2 Å². The number of hydrogen-bond donors (Lipinski definition) is 1. The van der Waals surface area contributed by atoms with Gasteiger partial charge < -0.3 is 19.5 Å². The van der Waals surface area contributed by atoms with Gasteiger partial charge in [-0.15, -0.1) is 0 Å². The summed E-state index contributed by atoms with van der Waals surface area (Å²) in [7, 11) is -3.56. The van der Waals surface area contributed by atoms with E-state index < -0.39 is 10.0 Å². The van der Waals surface area contributed by atoms with E-state index >= 15 is 0 Å². The quantitative estimate of drug-likeness (QED) is 0.469. The first-order valence-electron chi connectivity index (χ1n) is 10.7. The van der Waals surface area contributed by atoms with E-state index in [1.54, 1.807) is 42.5 Å². The molecule has 1 heterocycles. The fourth-order valence-electron chi connectivity index (χ4n) is 3.51. The summed E-state index contributed by atoms with van der Waals surface area (Å²) >= 11 is 0. The van der Waals surface area contributed by atoms with Crippen LogP contribution in [-0.2, 0) is 16.6 Å². The molecule has 9 heteroatoms. The molecule has 0 saturated carbocycles. The highest BCUT2D eigenvalue weighted by Crippen LogP contribution is 2.36. The number of nitrogens with one attached hydrogen (secondary N) is 1. The molecule has 0 radical (unpaired) electrons. The molecule has 1 amide bonds. The molecule has 34 heavy (non-hydrogen) atoms. The van der Waals surface area contributed by atoms with Crippen LogP contribution in [0.15, 0.2) is 66.7 Å². The van der Waals surface area contributed by atoms with Crippen molar-refractivity contribution in [2.75, 3.05) is 30.5 Å². The number of carbonyl (C=O) groups is 1. The van der Waals surface area contributed by atoms with Gasteiger partial charge in [-0.1, -0.05) is 30.3 Å². The molecule has 8 nitrogen and oxygen atoms in total. The maximum Gasteiger partial charge on any atom is 0.251 e. The largest absolute Gasteiger partial charge is 0.491 e. The first-order chi connectivity index (χ1) is 16.3. The number of amides is 1. The number of anilines is 1. The molecule has 3 aromatic rings. The summed E-state index contributed by atoms with van der Waals surface area (Å²) in [6.07, 6.45) is 1.15. The highest BCUT2D eigenvalue weighted by molar-refractivity contribution is 7.92. The van der Waals surface area contributed by atoms with E-state index in [4.69, 9.17) is 14.2 Å². The number of benzene rings is 3. The van der Waals surface area contributed by atoms with Gasteiger partial charge in [0.1, 0.15) is 12.4 Å². The van der Waals surface area contributed by atoms with Gasteiger partial charge in [-0.05, 0) is 48.4 Å². The zero-order valence-electron chi connectivity index (χ0n) is 19.0. The monoisotopic (exact) mass is 482 g/mol. The number of sulfonamides is 1. The van der Waals surface area contributed by atoms with Crippen molar-refractivity contribution in [1.82, 2.24) is 5.32 Å². The van der Waals surface area contributed by atoms with Gasteiger partial charge in [-0.2, -0.15) is 0 Å². The van der Waals surface area contributed by atoms with Crippen molar-refractivity contribution in [3.8, 4) is 17.2 Å². The van der Waals surface area contributed by atoms with Crippen LogP contribution in [0.1, 0.15) is 21.5 Å². The van der Waals surface area contributed by atoms with E-state index in [0.717, 1.165) is 23.1 Å². The van der Waals surface area contributed by atoms with Crippen LogP contribution < -0.4 is 23.8 Å². The van der Waals surface area contributed by atoms with Crippen LogP contribution in [0.3, 0.4) is 0 Å². The summed E-state index contributed by atoms with van der Waals surface area (Å²) in [5.41, 5.74) is 2.73. The molecule has 178 valence electrons. The third-order valence-corrected chi connectivity index (χ3v) is 6.47. The van der Waals surface area contributed by atoms with Gasteiger partial charge >= 0.3 is 0 Å². The zero-order valence-corrected chi connectivity index (χ0v) is 19.8. The average molecular weight is 483 g/mol. The molecular formula is C25H26N2O6S. The predicted molar refractivity (Wildman–Crippen MR) is 129 cm³/mol. The molecule has 4 rings (SSSR count). The summed E-state index contributed by atoms with van der Waals surface area (Å²) < 4.78 is 42.6. The number of rotatable bonds is 9. The fraction of sp³-hybridized carbons (Fsp3) is 0.240. The molecule has 1 aliphatic rings. The minimum Gasteiger partial charge on any atom is -0.491 e. The molecule has 0 fully saturated rings. The molecular weight excluding hydrogens is 456 g/mol. The maximum absolute atomic E-state index is 12.5. The van der Waals surface area contributed by atoms with Crippen molar-refractivity contribution in [3.63, 3.8) is 0 Å². The van der Waals surface area contributed by atoms with Crippen LogP contribution in [0.25, 0.3) is 0 Å². The number of fused-ring (bicyclic) bond motifs is 1. The van der Waals surface area contributed by atoms with Crippen molar-refractivity contribution in [1.29, 1.82) is 0 Å². The van der Waals surface area contributed by atoms with E-state index in [0.29, 0.717) is 35.9 Å². The maximum atomic E-state index is 12.5. The molecule has 1 aliphatic heterocycles. The average Bonchev–Trinajstić information content (AvgIpc) is 3.29. The number of carbonyl (C=O) groups excluding carboxylic acids is 1. The van der Waals surface area contributed by atoms with E-state index in [2.05, 4.69) is 5.32 Å². The summed E-state index contributed by atoms with van der Waals surface area (Å²) in [5.74, 6) is 1.65. The molecule has 1 N–H and O–H groups in total. The van der Waals surface area contributed by atoms with Crippen LogP contribution >= 0.6 is 0 Å². The highest BCUT2D eigenvalue weighted by Gasteiger charge is 2.22. The Bertz CT molecular complexity index is 1270. The van der Waals surface area contributed by atoms with Gasteiger partial charge in [0.2, 0.25) is 16.8 Å². The van der Waals surface area contributed by atoms with Gasteiger partial charge in [-0.25, -0.2) is 8.42 Å². The zero-order chi connectivity index (χ0) is 24.1. The Hall–Kier alpha value is -3.72. The Morgan fingerprint density at radius 3 is 2.50 bits per heavy atom. The van der Waals surface area contributed by atoms with Crippen LogP contribution in [0.2, 0.25) is 0 Å². The van der Waals surface area contributed by atoms with Crippen molar-refractivity contribution in [3.05, 3.63) is 83.4 Å². The molecule has 0 bridgehead atoms. The number of aryl methyl sites for hydroxylation is 1. The first-order valence-corrected chi connectivity index (χ1v) is 12.6. The lowest BCUT2D eigenvalue weighted by Crippen LogP contribution is -2.29. The molecule has 0 aliphatic carbocycles. The normalized spacial score (nSPS) is 12.3. The topological polar surface area (TPSA) is 94.2 Å². The van der Waals surface area contributed by atoms with E-state index in [1.165, 1.54) is 4.31 Å². The van der Waals surface area contributed by atoms with Crippen LogP contribution in [0.5, 0.6) is 17.2 Å². The molecule has 0 saturated heterocycles. The van der Waals surface area contributed by atoms with Crippen molar-refractivity contribution >= 4 is 21.6 Å². The summed E-state index contributed by atoms with van der Waals surface area (Å²) in [6.45, 7) is 2.91. The van der Waals surface area contributed by atoms with E-state index in [9.17, 15) is 13.2 Å². The van der Waals surface area contributed by atoms with Gasteiger partial charge in [0.05, 0.1) is 25.0 Å². The molecule has 0 unspecified atom stereocenters. The standard InChI is InChI=1S/C25H26N2O6S/c1-18-5-3-4-6-22(18)31-14-13-26-25(28)20-9-7-19(8-10-20)16-27(34(2,29)30)21-11-12-23-24(15-21)33-17-32-23/h3-12,15H,13-14,16-17H2,1-2H3,(H,26,28). The van der Waals surface area contributed by atoms with E-state index in [-0.39, 0.29) is 19.2 Å². The Morgan fingerprint density at radius 2 is 1.76 bits per heavy atom. The minimum atomic E-state index is -3.56. The summed E-state index contributed by atoms with van der Waals surface area (Å²) in [6, 6.07) is 19.5. The molecule has 0 aromatic heterocycles. The lowest BCUT2D eigenvalue weighted by Gasteiger charge is -2.23. The lowest BCUT2D eigenvalue weighted by molar-refractivity contribution is 0.0947. The molecule has 0 spiro atoms.